The molecule has 156 valence electrons. The van der Waals surface area contributed by atoms with Crippen LogP contribution < -0.4 is 0 Å². The zero-order valence-electron chi connectivity index (χ0n) is 17.9. The van der Waals surface area contributed by atoms with E-state index >= 15 is 0 Å². The summed E-state index contributed by atoms with van der Waals surface area (Å²) >= 11 is 0. The summed E-state index contributed by atoms with van der Waals surface area (Å²) in [5.41, 5.74) is 1.66. The van der Waals surface area contributed by atoms with Crippen molar-refractivity contribution in [3.63, 3.8) is 0 Å². The summed E-state index contributed by atoms with van der Waals surface area (Å²) < 4.78 is 29.8. The lowest BCUT2D eigenvalue weighted by Crippen LogP contribution is -2.25. The molecule has 2 aliphatic carbocycles. The van der Waals surface area contributed by atoms with Crippen LogP contribution in [0.25, 0.3) is 10.8 Å². The Balaban J connectivity index is 1.45. The van der Waals surface area contributed by atoms with Crippen molar-refractivity contribution in [3.05, 3.63) is 59.2 Å². The Labute approximate surface area is 174 Å². The number of fused-ring (bicyclic) bond motifs is 1. The molecule has 2 heteroatoms. The predicted molar refractivity (Wildman–Crippen MR) is 118 cm³/mol. The van der Waals surface area contributed by atoms with Gasteiger partial charge in [0.25, 0.3) is 0 Å². The van der Waals surface area contributed by atoms with Gasteiger partial charge in [-0.15, -0.1) is 0 Å². The van der Waals surface area contributed by atoms with E-state index in [4.69, 9.17) is 0 Å². The normalized spacial score (nSPS) is 28.3. The van der Waals surface area contributed by atoms with Crippen LogP contribution in [0.4, 0.5) is 8.78 Å². The van der Waals surface area contributed by atoms with Gasteiger partial charge in [0.05, 0.1) is 0 Å². The molecule has 4 rings (SSSR count). The molecule has 2 saturated carbocycles. The van der Waals surface area contributed by atoms with Crippen molar-refractivity contribution in [3.8, 4) is 0 Å². The van der Waals surface area contributed by atoms with Crippen LogP contribution in [0.15, 0.2) is 36.4 Å². The van der Waals surface area contributed by atoms with Crippen LogP contribution in [0.5, 0.6) is 0 Å². The maximum absolute atomic E-state index is 14.9. The third kappa shape index (κ3) is 4.27. The molecule has 0 heterocycles. The lowest BCUT2D eigenvalue weighted by atomic mass is 9.68. The van der Waals surface area contributed by atoms with Crippen LogP contribution in [0.2, 0.25) is 0 Å². The molecule has 0 atom stereocenters. The van der Waals surface area contributed by atoms with E-state index in [-0.39, 0.29) is 5.92 Å². The van der Waals surface area contributed by atoms with Gasteiger partial charge in [-0.25, -0.2) is 8.78 Å². The summed E-state index contributed by atoms with van der Waals surface area (Å²) in [5.74, 6) is 1.28. The van der Waals surface area contributed by atoms with E-state index in [1.54, 1.807) is 6.07 Å². The van der Waals surface area contributed by atoms with Crippen molar-refractivity contribution in [1.82, 2.24) is 0 Å². The standard InChI is InChI=1S/C27H34F2/c1-3-5-19-7-9-20(10-8-19)21-12-14-22(15-13-21)25-17-23-11-6-18(4-2)16-24(23)26(28)27(25)29/h3,5-6,11,16-17,19-22H,4,7-10,12-15H2,1-2H3/b5-3+. The molecular formula is C27H34F2. The third-order valence-electron chi connectivity index (χ3n) is 7.68. The van der Waals surface area contributed by atoms with E-state index in [1.807, 2.05) is 25.1 Å². The zero-order valence-corrected chi connectivity index (χ0v) is 17.9. The lowest BCUT2D eigenvalue weighted by molar-refractivity contribution is 0.170. The fourth-order valence-electron chi connectivity index (χ4n) is 5.89. The van der Waals surface area contributed by atoms with E-state index < -0.39 is 11.6 Å². The highest BCUT2D eigenvalue weighted by molar-refractivity contribution is 5.85. The van der Waals surface area contributed by atoms with Crippen LogP contribution in [0, 0.1) is 29.4 Å². The van der Waals surface area contributed by atoms with Crippen LogP contribution >= 0.6 is 0 Å². The molecule has 2 aromatic rings. The smallest absolute Gasteiger partial charge is 0.166 e. The average Bonchev–Trinajstić information content (AvgIpc) is 2.77. The second-order valence-corrected chi connectivity index (χ2v) is 9.32. The molecular weight excluding hydrogens is 362 g/mol. The Hall–Kier alpha value is -1.70. The fourth-order valence-corrected chi connectivity index (χ4v) is 5.89. The number of rotatable bonds is 4. The average molecular weight is 397 g/mol. The SMILES string of the molecule is C/C=C/C1CCC(C2CCC(c3cc4ccc(CC)cc4c(F)c3F)CC2)CC1. The molecule has 0 saturated heterocycles. The molecule has 0 aromatic heterocycles. The minimum atomic E-state index is -0.655. The summed E-state index contributed by atoms with van der Waals surface area (Å²) in [4.78, 5) is 0. The first-order valence-corrected chi connectivity index (χ1v) is 11.6. The van der Waals surface area contributed by atoms with E-state index in [2.05, 4.69) is 19.1 Å². The molecule has 2 fully saturated rings. The molecule has 0 amide bonds. The van der Waals surface area contributed by atoms with Crippen LogP contribution in [0.3, 0.4) is 0 Å². The molecule has 0 N–H and O–H groups in total. The second kappa shape index (κ2) is 8.98. The van der Waals surface area contributed by atoms with Crippen molar-refractivity contribution < 1.29 is 8.78 Å². The van der Waals surface area contributed by atoms with Gasteiger partial charge in [-0.2, -0.15) is 0 Å². The highest BCUT2D eigenvalue weighted by Gasteiger charge is 2.32. The molecule has 0 bridgehead atoms. The lowest BCUT2D eigenvalue weighted by Gasteiger charge is -2.37. The molecule has 0 spiro atoms. The molecule has 0 aliphatic heterocycles. The van der Waals surface area contributed by atoms with Crippen molar-refractivity contribution >= 4 is 10.8 Å². The Morgan fingerprint density at radius 1 is 0.862 bits per heavy atom. The Bertz CT molecular complexity index is 866. The highest BCUT2D eigenvalue weighted by atomic mass is 19.2. The highest BCUT2D eigenvalue weighted by Crippen LogP contribution is 2.45. The summed E-state index contributed by atoms with van der Waals surface area (Å²) in [6.07, 6.45) is 15.0. The number of allylic oxidation sites excluding steroid dienone is 2. The minimum Gasteiger partial charge on any atom is -0.203 e. The topological polar surface area (TPSA) is 0 Å². The molecule has 2 aliphatic rings. The summed E-state index contributed by atoms with van der Waals surface area (Å²) in [7, 11) is 0. The van der Waals surface area contributed by atoms with Crippen LogP contribution in [-0.2, 0) is 6.42 Å². The molecule has 2 aromatic carbocycles. The first kappa shape index (κ1) is 20.6. The largest absolute Gasteiger partial charge is 0.203 e. The van der Waals surface area contributed by atoms with Crippen molar-refractivity contribution in [2.24, 2.45) is 17.8 Å². The maximum Gasteiger partial charge on any atom is 0.166 e. The monoisotopic (exact) mass is 396 g/mol. The van der Waals surface area contributed by atoms with E-state index in [9.17, 15) is 8.78 Å². The van der Waals surface area contributed by atoms with Crippen LogP contribution in [0.1, 0.15) is 82.3 Å². The number of aryl methyl sites for hydroxylation is 1. The third-order valence-corrected chi connectivity index (χ3v) is 7.68. The number of halogens is 2. The number of hydrogen-bond acceptors (Lipinski definition) is 0. The van der Waals surface area contributed by atoms with Gasteiger partial charge in [0.2, 0.25) is 0 Å². The predicted octanol–water partition coefficient (Wildman–Crippen LogP) is 8.34. The van der Waals surface area contributed by atoms with E-state index in [0.29, 0.717) is 10.9 Å². The van der Waals surface area contributed by atoms with Gasteiger partial charge in [-0.1, -0.05) is 31.2 Å². The van der Waals surface area contributed by atoms with Gasteiger partial charge >= 0.3 is 0 Å². The van der Waals surface area contributed by atoms with E-state index in [1.165, 1.54) is 25.7 Å². The Morgan fingerprint density at radius 2 is 1.52 bits per heavy atom. The summed E-state index contributed by atoms with van der Waals surface area (Å²) in [6, 6.07) is 7.71. The summed E-state index contributed by atoms with van der Waals surface area (Å²) in [5, 5.41) is 1.26. The van der Waals surface area contributed by atoms with Gasteiger partial charge in [0.1, 0.15) is 0 Å². The maximum atomic E-state index is 14.9. The minimum absolute atomic E-state index is 0.162. The number of hydrogen-bond donors (Lipinski definition) is 0. The first-order chi connectivity index (χ1) is 14.1. The van der Waals surface area contributed by atoms with Crippen molar-refractivity contribution in [1.29, 1.82) is 0 Å². The molecule has 0 nitrogen and oxygen atoms in total. The fraction of sp³-hybridized carbons (Fsp3) is 0.556. The Morgan fingerprint density at radius 3 is 2.14 bits per heavy atom. The van der Waals surface area contributed by atoms with Crippen molar-refractivity contribution in [2.75, 3.05) is 0 Å². The Kier molecular flexibility index (Phi) is 6.37. The first-order valence-electron chi connectivity index (χ1n) is 11.6. The van der Waals surface area contributed by atoms with Crippen molar-refractivity contribution in [2.45, 2.75) is 77.6 Å². The van der Waals surface area contributed by atoms with E-state index in [0.717, 1.165) is 60.8 Å². The molecule has 0 radical (unpaired) electrons. The van der Waals surface area contributed by atoms with Gasteiger partial charge in [0, 0.05) is 5.39 Å². The molecule has 0 unspecified atom stereocenters. The van der Waals surface area contributed by atoms with Crippen LogP contribution in [-0.4, -0.2) is 0 Å². The molecule has 29 heavy (non-hydrogen) atoms. The van der Waals surface area contributed by atoms with Gasteiger partial charge < -0.3 is 0 Å². The van der Waals surface area contributed by atoms with Gasteiger partial charge in [-0.05, 0) is 117 Å². The second-order valence-electron chi connectivity index (χ2n) is 9.32. The quantitative estimate of drug-likeness (QED) is 0.456. The number of benzene rings is 2. The summed E-state index contributed by atoms with van der Waals surface area (Å²) in [6.45, 7) is 4.15. The van der Waals surface area contributed by atoms with Gasteiger partial charge in [-0.3, -0.25) is 0 Å². The zero-order chi connectivity index (χ0) is 20.4. The van der Waals surface area contributed by atoms with Gasteiger partial charge in [0.15, 0.2) is 11.6 Å².